The fourth-order valence-electron chi connectivity index (χ4n) is 6.09. The van der Waals surface area contributed by atoms with E-state index in [9.17, 15) is 19.8 Å². The molecule has 8 aromatic rings. The number of nitrogens with one attached hydrogen (secondary N) is 1. The van der Waals surface area contributed by atoms with Gasteiger partial charge in [0.1, 0.15) is 35.7 Å². The van der Waals surface area contributed by atoms with Gasteiger partial charge in [-0.3, -0.25) is 0 Å². The molecule has 0 saturated carbocycles. The number of aromatic hydroxyl groups is 2. The van der Waals surface area contributed by atoms with Gasteiger partial charge in [0.25, 0.3) is 0 Å². The van der Waals surface area contributed by atoms with Crippen LogP contribution in [0.4, 0.5) is 9.59 Å². The molecule has 0 spiro atoms. The zero-order chi connectivity index (χ0) is 37.7. The van der Waals surface area contributed by atoms with Crippen LogP contribution in [0.1, 0.15) is 11.1 Å². The van der Waals surface area contributed by atoms with Gasteiger partial charge in [-0.25, -0.2) is 34.8 Å². The van der Waals surface area contributed by atoms with Crippen molar-refractivity contribution in [2.24, 2.45) is 0 Å². The molecule has 2 amide bonds. The third kappa shape index (κ3) is 7.48. The van der Waals surface area contributed by atoms with Gasteiger partial charge in [0, 0.05) is 22.3 Å². The van der Waals surface area contributed by atoms with E-state index in [1.54, 1.807) is 60.7 Å². The Morgan fingerprint density at radius 1 is 0.436 bits per heavy atom. The molecular formula is C44H31N5O6. The molecule has 0 unspecified atom stereocenters. The topological polar surface area (TPSA) is 157 Å². The lowest BCUT2D eigenvalue weighted by Gasteiger charge is -2.12. The van der Waals surface area contributed by atoms with Crippen LogP contribution >= 0.6 is 0 Å². The highest BCUT2D eigenvalue weighted by Crippen LogP contribution is 2.35. The molecule has 3 N–H and O–H groups in total. The average Bonchev–Trinajstić information content (AvgIpc) is 3.23. The number of rotatable bonds is 8. The number of benzene rings is 6. The number of phenolic OH excluding ortho intramolecular Hbond substituents is 2. The lowest BCUT2D eigenvalue weighted by molar-refractivity contribution is 0.117. The predicted octanol–water partition coefficient (Wildman–Crippen LogP) is 9.22. The maximum absolute atomic E-state index is 12.4. The van der Waals surface area contributed by atoms with Crippen molar-refractivity contribution < 1.29 is 29.3 Å². The molecule has 2 heterocycles. The second-order valence-electron chi connectivity index (χ2n) is 12.5. The molecule has 55 heavy (non-hydrogen) atoms. The van der Waals surface area contributed by atoms with Crippen LogP contribution in [0.3, 0.4) is 0 Å². The van der Waals surface area contributed by atoms with Gasteiger partial charge in [0.05, 0.1) is 33.8 Å². The fraction of sp³-hybridized carbons (Fsp3) is 0.0455. The van der Waals surface area contributed by atoms with E-state index in [1.807, 2.05) is 84.9 Å². The summed E-state index contributed by atoms with van der Waals surface area (Å²) in [5.74, 6) is 0.0964. The van der Waals surface area contributed by atoms with Crippen molar-refractivity contribution in [1.82, 2.24) is 25.3 Å². The number of carbonyl (C=O) groups excluding carboxylic acids is 2. The Morgan fingerprint density at radius 3 is 1.20 bits per heavy atom. The molecular weight excluding hydrogens is 695 g/mol. The highest BCUT2D eigenvalue weighted by molar-refractivity contribution is 5.91. The van der Waals surface area contributed by atoms with Crippen molar-refractivity contribution in [3.8, 4) is 56.5 Å². The van der Waals surface area contributed by atoms with Crippen LogP contribution in [0.5, 0.6) is 11.5 Å². The summed E-state index contributed by atoms with van der Waals surface area (Å²) in [6.07, 6.45) is -1.91. The first-order valence-electron chi connectivity index (χ1n) is 17.3. The number of fused-ring (bicyclic) bond motifs is 2. The SMILES string of the molecule is O=C(NC(=O)OCc1ccc(-c2nc3cccc(O)c3nc2-c2ccccc2)cc1)OCc1ccc(-c2nc3cccc(O)c3nc2-c2ccccc2)cc1. The van der Waals surface area contributed by atoms with Gasteiger partial charge in [-0.2, -0.15) is 0 Å². The number of hydrogen-bond acceptors (Lipinski definition) is 10. The van der Waals surface area contributed by atoms with Crippen LogP contribution in [0.25, 0.3) is 67.1 Å². The summed E-state index contributed by atoms with van der Waals surface area (Å²) < 4.78 is 10.6. The summed E-state index contributed by atoms with van der Waals surface area (Å²) in [6, 6.07) is 43.9. The van der Waals surface area contributed by atoms with Crippen molar-refractivity contribution in [3.05, 3.63) is 157 Å². The number of imide groups is 1. The highest BCUT2D eigenvalue weighted by atomic mass is 16.6. The summed E-state index contributed by atoms with van der Waals surface area (Å²) in [5, 5.41) is 22.9. The number of hydrogen-bond donors (Lipinski definition) is 3. The molecule has 268 valence electrons. The normalized spacial score (nSPS) is 11.0. The number of para-hydroxylation sites is 2. The molecule has 11 heteroatoms. The molecule has 0 aliphatic carbocycles. The summed E-state index contributed by atoms with van der Waals surface area (Å²) in [7, 11) is 0. The minimum atomic E-state index is -0.953. The van der Waals surface area contributed by atoms with E-state index >= 15 is 0 Å². The number of amides is 2. The minimum Gasteiger partial charge on any atom is -0.506 e. The van der Waals surface area contributed by atoms with E-state index in [4.69, 9.17) is 29.4 Å². The molecule has 0 aliphatic heterocycles. The maximum Gasteiger partial charge on any atom is 0.416 e. The van der Waals surface area contributed by atoms with Gasteiger partial charge >= 0.3 is 12.2 Å². The number of ether oxygens (including phenoxy) is 2. The molecule has 0 aliphatic rings. The Hall–Kier alpha value is -7.66. The third-order valence-electron chi connectivity index (χ3n) is 8.84. The summed E-state index contributed by atoms with van der Waals surface area (Å²) >= 11 is 0. The number of aromatic nitrogens is 4. The van der Waals surface area contributed by atoms with Crippen molar-refractivity contribution >= 4 is 34.3 Å². The molecule has 6 aromatic carbocycles. The van der Waals surface area contributed by atoms with Gasteiger partial charge in [-0.1, -0.05) is 121 Å². The molecule has 0 fully saturated rings. The lowest BCUT2D eigenvalue weighted by atomic mass is 10.0. The highest BCUT2D eigenvalue weighted by Gasteiger charge is 2.17. The van der Waals surface area contributed by atoms with Crippen LogP contribution < -0.4 is 5.32 Å². The number of phenols is 2. The molecule has 2 aromatic heterocycles. The number of nitrogens with zero attached hydrogens (tertiary/aromatic N) is 4. The van der Waals surface area contributed by atoms with Crippen molar-refractivity contribution in [1.29, 1.82) is 0 Å². The molecule has 0 atom stereocenters. The Balaban J connectivity index is 0.888. The molecule has 0 saturated heterocycles. The first-order valence-corrected chi connectivity index (χ1v) is 17.3. The lowest BCUT2D eigenvalue weighted by Crippen LogP contribution is -2.31. The Morgan fingerprint density at radius 2 is 0.800 bits per heavy atom. The van der Waals surface area contributed by atoms with E-state index in [2.05, 4.69) is 5.32 Å². The second kappa shape index (κ2) is 15.1. The van der Waals surface area contributed by atoms with E-state index in [1.165, 1.54) is 0 Å². The maximum atomic E-state index is 12.4. The largest absolute Gasteiger partial charge is 0.506 e. The van der Waals surface area contributed by atoms with Gasteiger partial charge in [-0.05, 0) is 35.4 Å². The first kappa shape index (κ1) is 34.4. The number of alkyl carbamates (subject to hydrolysis) is 2. The van der Waals surface area contributed by atoms with E-state index in [0.717, 1.165) is 22.3 Å². The molecule has 0 radical (unpaired) electrons. The third-order valence-corrected chi connectivity index (χ3v) is 8.84. The van der Waals surface area contributed by atoms with Gasteiger partial charge in [0.15, 0.2) is 0 Å². The fourth-order valence-corrected chi connectivity index (χ4v) is 6.09. The summed E-state index contributed by atoms with van der Waals surface area (Å²) in [6.45, 7) is -0.183. The number of carbonyl (C=O) groups is 2. The second-order valence-corrected chi connectivity index (χ2v) is 12.5. The first-order chi connectivity index (χ1) is 26.9. The minimum absolute atomic E-state index is 0.0482. The summed E-state index contributed by atoms with van der Waals surface area (Å²) in [5.41, 5.74) is 9.04. The van der Waals surface area contributed by atoms with Crippen LogP contribution in [-0.2, 0) is 22.7 Å². The zero-order valence-corrected chi connectivity index (χ0v) is 29.1. The summed E-state index contributed by atoms with van der Waals surface area (Å²) in [4.78, 5) is 44.1. The van der Waals surface area contributed by atoms with E-state index in [0.29, 0.717) is 56.0 Å². The Bertz CT molecular complexity index is 2490. The van der Waals surface area contributed by atoms with E-state index in [-0.39, 0.29) is 24.7 Å². The Kier molecular flexibility index (Phi) is 9.47. The van der Waals surface area contributed by atoms with E-state index < -0.39 is 12.2 Å². The van der Waals surface area contributed by atoms with Gasteiger partial charge in [-0.15, -0.1) is 0 Å². The Labute approximate surface area is 314 Å². The van der Waals surface area contributed by atoms with Crippen molar-refractivity contribution in [2.45, 2.75) is 13.2 Å². The zero-order valence-electron chi connectivity index (χ0n) is 29.1. The monoisotopic (exact) mass is 725 g/mol. The predicted molar refractivity (Wildman–Crippen MR) is 208 cm³/mol. The standard InChI is InChI=1S/C44H31N5O6/c50-35-15-7-13-33-41(35)47-39(29-9-3-1-4-10-29)37(45-33)31-21-17-27(18-22-31)25-54-43(52)49-44(53)55-26-28-19-23-32(24-20-28)38-40(30-11-5-2-6-12-30)48-42-34(46-38)14-8-16-36(42)51/h1-24,50-51H,25-26H2,(H,49,52,53). The van der Waals surface area contributed by atoms with Crippen LogP contribution in [0.2, 0.25) is 0 Å². The van der Waals surface area contributed by atoms with Crippen LogP contribution in [-0.4, -0.2) is 42.3 Å². The van der Waals surface area contributed by atoms with Crippen LogP contribution in [0.15, 0.2) is 146 Å². The quantitative estimate of drug-likeness (QED) is 0.138. The molecule has 8 rings (SSSR count). The van der Waals surface area contributed by atoms with Gasteiger partial charge in [0.2, 0.25) is 0 Å². The van der Waals surface area contributed by atoms with Crippen LogP contribution in [0, 0.1) is 0 Å². The van der Waals surface area contributed by atoms with Crippen molar-refractivity contribution in [2.75, 3.05) is 0 Å². The molecule has 11 nitrogen and oxygen atoms in total. The van der Waals surface area contributed by atoms with Gasteiger partial charge < -0.3 is 19.7 Å². The average molecular weight is 726 g/mol. The molecule has 0 bridgehead atoms. The van der Waals surface area contributed by atoms with Crippen molar-refractivity contribution in [3.63, 3.8) is 0 Å². The smallest absolute Gasteiger partial charge is 0.416 e.